The molecule has 0 saturated carbocycles. The van der Waals surface area contributed by atoms with Crippen molar-refractivity contribution in [3.05, 3.63) is 112 Å². The number of benzene rings is 3. The quantitative estimate of drug-likeness (QED) is 0.305. The number of carboxylic acid groups (broad SMARTS) is 1. The fraction of sp³-hybridized carbons (Fsp3) is 0.0690. The maximum atomic E-state index is 12.2. The molecule has 0 saturated heterocycles. The van der Waals surface area contributed by atoms with Crippen molar-refractivity contribution in [3.8, 4) is 16.9 Å². The molecule has 0 bridgehead atoms. The van der Waals surface area contributed by atoms with Gasteiger partial charge in [0.05, 0.1) is 22.5 Å². The van der Waals surface area contributed by atoms with Gasteiger partial charge in [-0.2, -0.15) is 5.10 Å². The fourth-order valence-electron chi connectivity index (χ4n) is 4.78. The molecule has 0 unspecified atom stereocenters. The van der Waals surface area contributed by atoms with Crippen molar-refractivity contribution in [1.29, 1.82) is 0 Å². The first-order valence-electron chi connectivity index (χ1n) is 11.4. The highest BCUT2D eigenvalue weighted by molar-refractivity contribution is 6.30. The van der Waals surface area contributed by atoms with Crippen molar-refractivity contribution in [2.24, 2.45) is 0 Å². The summed E-state index contributed by atoms with van der Waals surface area (Å²) in [6, 6.07) is 25.0. The van der Waals surface area contributed by atoms with Gasteiger partial charge in [-0.15, -0.1) is 0 Å². The van der Waals surface area contributed by atoms with Crippen molar-refractivity contribution < 1.29 is 9.90 Å². The molecule has 1 aliphatic carbocycles. The molecular formula is C29H20ClN3O2. The van der Waals surface area contributed by atoms with Gasteiger partial charge in [0.15, 0.2) is 0 Å². The van der Waals surface area contributed by atoms with Gasteiger partial charge in [-0.1, -0.05) is 60.1 Å². The number of hydrogen-bond acceptors (Lipinski definition) is 3. The molecule has 3 aromatic carbocycles. The van der Waals surface area contributed by atoms with Crippen LogP contribution in [0.4, 0.5) is 0 Å². The summed E-state index contributed by atoms with van der Waals surface area (Å²) in [6.07, 6.45) is 5.43. The van der Waals surface area contributed by atoms with E-state index in [9.17, 15) is 9.90 Å². The Bertz CT molecular complexity index is 1640. The summed E-state index contributed by atoms with van der Waals surface area (Å²) < 4.78 is 1.86. The average molecular weight is 478 g/mol. The molecule has 1 aliphatic rings. The Morgan fingerprint density at radius 1 is 0.943 bits per heavy atom. The van der Waals surface area contributed by atoms with E-state index in [1.165, 1.54) is 0 Å². The zero-order chi connectivity index (χ0) is 23.9. The number of carbonyl (C=O) groups is 1. The van der Waals surface area contributed by atoms with E-state index in [0.717, 1.165) is 39.3 Å². The third-order valence-electron chi connectivity index (χ3n) is 6.35. The van der Waals surface area contributed by atoms with Crippen LogP contribution in [-0.4, -0.2) is 25.8 Å². The molecule has 2 aromatic heterocycles. The smallest absolute Gasteiger partial charge is 0.336 e. The monoisotopic (exact) mass is 477 g/mol. The Morgan fingerprint density at radius 3 is 2.54 bits per heavy atom. The van der Waals surface area contributed by atoms with Gasteiger partial charge in [0.2, 0.25) is 0 Å². The lowest BCUT2D eigenvalue weighted by Crippen LogP contribution is -2.05. The minimum Gasteiger partial charge on any atom is -0.478 e. The van der Waals surface area contributed by atoms with E-state index >= 15 is 0 Å². The van der Waals surface area contributed by atoms with E-state index in [1.807, 2.05) is 89.7 Å². The minimum atomic E-state index is -0.919. The molecule has 35 heavy (non-hydrogen) atoms. The second-order valence-electron chi connectivity index (χ2n) is 8.53. The van der Waals surface area contributed by atoms with E-state index in [-0.39, 0.29) is 0 Å². The number of hydrogen-bond donors (Lipinski definition) is 1. The zero-order valence-corrected chi connectivity index (χ0v) is 19.4. The Kier molecular flexibility index (Phi) is 5.20. The predicted octanol–water partition coefficient (Wildman–Crippen LogP) is 6.93. The number of halogens is 1. The molecular weight excluding hydrogens is 458 g/mol. The third kappa shape index (κ3) is 3.80. The van der Waals surface area contributed by atoms with Gasteiger partial charge in [0.1, 0.15) is 5.69 Å². The van der Waals surface area contributed by atoms with Crippen molar-refractivity contribution in [2.75, 3.05) is 0 Å². The highest BCUT2D eigenvalue weighted by Gasteiger charge is 2.27. The minimum absolute atomic E-state index is 0.351. The maximum absolute atomic E-state index is 12.2. The molecule has 0 amide bonds. The van der Waals surface area contributed by atoms with Crippen LogP contribution in [0.1, 0.15) is 33.6 Å². The second kappa shape index (κ2) is 8.53. The van der Waals surface area contributed by atoms with Gasteiger partial charge in [-0.25, -0.2) is 14.5 Å². The van der Waals surface area contributed by atoms with E-state index < -0.39 is 5.97 Å². The first-order chi connectivity index (χ1) is 17.1. The topological polar surface area (TPSA) is 68.0 Å². The van der Waals surface area contributed by atoms with Crippen LogP contribution in [0.3, 0.4) is 0 Å². The van der Waals surface area contributed by atoms with Gasteiger partial charge >= 0.3 is 5.97 Å². The molecule has 5 aromatic rings. The largest absolute Gasteiger partial charge is 0.478 e. The molecule has 6 heteroatoms. The predicted molar refractivity (Wildman–Crippen MR) is 139 cm³/mol. The number of allylic oxidation sites excluding steroid dienone is 1. The number of pyridine rings is 1. The lowest BCUT2D eigenvalue weighted by atomic mass is 10.0. The van der Waals surface area contributed by atoms with Crippen LogP contribution in [-0.2, 0) is 6.42 Å². The molecule has 0 fully saturated rings. The number of rotatable bonds is 4. The van der Waals surface area contributed by atoms with E-state index in [4.69, 9.17) is 21.7 Å². The van der Waals surface area contributed by atoms with Crippen LogP contribution in [0.2, 0.25) is 5.02 Å². The lowest BCUT2D eigenvalue weighted by Gasteiger charge is -2.09. The number of para-hydroxylation sites is 2. The zero-order valence-electron chi connectivity index (χ0n) is 18.6. The normalized spacial score (nSPS) is 13.9. The molecule has 6 rings (SSSR count). The van der Waals surface area contributed by atoms with Crippen molar-refractivity contribution in [1.82, 2.24) is 14.8 Å². The first kappa shape index (κ1) is 21.3. The highest BCUT2D eigenvalue weighted by Crippen LogP contribution is 2.39. The molecule has 0 radical (unpaired) electrons. The molecule has 1 N–H and O–H groups in total. The van der Waals surface area contributed by atoms with Gasteiger partial charge in [-0.05, 0) is 60.4 Å². The fourth-order valence-corrected chi connectivity index (χ4v) is 4.97. The van der Waals surface area contributed by atoms with Crippen LogP contribution < -0.4 is 0 Å². The molecule has 170 valence electrons. The highest BCUT2D eigenvalue weighted by atomic mass is 35.5. The van der Waals surface area contributed by atoms with Crippen LogP contribution in [0.5, 0.6) is 0 Å². The number of carboxylic acids is 1. The number of nitrogens with zero attached hydrogens (tertiary/aromatic N) is 3. The Balaban J connectivity index is 1.55. The van der Waals surface area contributed by atoms with Gasteiger partial charge in [0, 0.05) is 27.7 Å². The number of aromatic nitrogens is 3. The van der Waals surface area contributed by atoms with E-state index in [2.05, 4.69) is 6.08 Å². The Morgan fingerprint density at radius 2 is 1.74 bits per heavy atom. The third-order valence-corrected chi connectivity index (χ3v) is 6.58. The maximum Gasteiger partial charge on any atom is 0.336 e. The summed E-state index contributed by atoms with van der Waals surface area (Å²) in [5, 5.41) is 16.2. The lowest BCUT2D eigenvalue weighted by molar-refractivity contribution is 0.0698. The summed E-state index contributed by atoms with van der Waals surface area (Å²) in [5.74, 6) is -0.919. The summed E-state index contributed by atoms with van der Waals surface area (Å²) in [5.41, 5.74) is 7.18. The van der Waals surface area contributed by atoms with Crippen LogP contribution in [0.25, 0.3) is 39.5 Å². The van der Waals surface area contributed by atoms with Crippen molar-refractivity contribution in [3.63, 3.8) is 0 Å². The van der Waals surface area contributed by atoms with Crippen molar-refractivity contribution in [2.45, 2.75) is 12.8 Å². The van der Waals surface area contributed by atoms with Crippen LogP contribution >= 0.6 is 11.6 Å². The standard InChI is InChI=1S/C29H20ClN3O2/c30-21-8-6-7-18(16-21)27-20(17-33(32-27)22-9-2-1-3-10-22)15-19-13-14-24-26(29(34)35)23-11-4-5-12-25(23)31-28(19)24/h1-12,15-17H,13-14H2,(H,34,35)/b19-15-. The van der Waals surface area contributed by atoms with Gasteiger partial charge in [0.25, 0.3) is 0 Å². The Hall–Kier alpha value is -4.22. The molecule has 2 heterocycles. The van der Waals surface area contributed by atoms with Gasteiger partial charge in [-0.3, -0.25) is 0 Å². The van der Waals surface area contributed by atoms with Crippen LogP contribution in [0.15, 0.2) is 85.1 Å². The Labute approximate surface area is 206 Å². The summed E-state index contributed by atoms with van der Waals surface area (Å²) in [6.45, 7) is 0. The molecule has 0 aliphatic heterocycles. The first-order valence-corrected chi connectivity index (χ1v) is 11.7. The SMILES string of the molecule is O=C(O)c1c2c(nc3ccccc13)/C(=C\c1cn(-c3ccccc3)nc1-c1cccc(Cl)c1)CC2. The molecule has 0 spiro atoms. The molecule has 5 nitrogen and oxygen atoms in total. The molecule has 0 atom stereocenters. The van der Waals surface area contributed by atoms with Crippen LogP contribution in [0, 0.1) is 0 Å². The van der Waals surface area contributed by atoms with Crippen molar-refractivity contribution >= 4 is 40.1 Å². The van der Waals surface area contributed by atoms with E-state index in [1.54, 1.807) is 0 Å². The second-order valence-corrected chi connectivity index (χ2v) is 8.97. The number of aromatic carboxylic acids is 1. The average Bonchev–Trinajstić information content (AvgIpc) is 3.47. The summed E-state index contributed by atoms with van der Waals surface area (Å²) in [7, 11) is 0. The number of fused-ring (bicyclic) bond motifs is 2. The van der Waals surface area contributed by atoms with E-state index in [0.29, 0.717) is 34.3 Å². The van der Waals surface area contributed by atoms with Gasteiger partial charge < -0.3 is 5.11 Å². The summed E-state index contributed by atoms with van der Waals surface area (Å²) in [4.78, 5) is 17.1. The summed E-state index contributed by atoms with van der Waals surface area (Å²) >= 11 is 6.30.